The molecule has 0 radical (unpaired) electrons. The van der Waals surface area contributed by atoms with Gasteiger partial charge in [-0.15, -0.1) is 0 Å². The normalized spacial score (nSPS) is 31.7. The SMILES string of the molecule is CCC(C)(C)C(=O)Oc1ccc(OCOC2C3CC4CC(C3)CC2C4)cc1. The van der Waals surface area contributed by atoms with Gasteiger partial charge in [0, 0.05) is 0 Å². The minimum atomic E-state index is -0.471. The van der Waals surface area contributed by atoms with Crippen molar-refractivity contribution in [3.8, 4) is 11.5 Å². The fraction of sp³-hybridized carbons (Fsp3) is 0.696. The predicted octanol–water partition coefficient (Wildman–Crippen LogP) is 5.21. The summed E-state index contributed by atoms with van der Waals surface area (Å²) >= 11 is 0. The van der Waals surface area contributed by atoms with Gasteiger partial charge in [-0.25, -0.2) is 0 Å². The lowest BCUT2D eigenvalue weighted by Gasteiger charge is -2.53. The third-order valence-electron chi connectivity index (χ3n) is 7.10. The fourth-order valence-corrected chi connectivity index (χ4v) is 5.32. The summed E-state index contributed by atoms with van der Waals surface area (Å²) in [6.45, 7) is 6.08. The Morgan fingerprint density at radius 1 is 0.963 bits per heavy atom. The summed E-state index contributed by atoms with van der Waals surface area (Å²) in [5.74, 6) is 4.50. The molecule has 0 amide bonds. The number of rotatable bonds is 7. The lowest BCUT2D eigenvalue weighted by Crippen LogP contribution is -2.49. The molecule has 4 aliphatic carbocycles. The van der Waals surface area contributed by atoms with Crippen LogP contribution in [0.25, 0.3) is 0 Å². The van der Waals surface area contributed by atoms with Gasteiger partial charge in [-0.1, -0.05) is 6.92 Å². The molecule has 4 fully saturated rings. The average Bonchev–Trinajstić information content (AvgIpc) is 2.64. The van der Waals surface area contributed by atoms with Gasteiger partial charge >= 0.3 is 5.97 Å². The monoisotopic (exact) mass is 372 g/mol. The third-order valence-corrected chi connectivity index (χ3v) is 7.10. The van der Waals surface area contributed by atoms with Gasteiger partial charge in [0.15, 0.2) is 6.79 Å². The van der Waals surface area contributed by atoms with Crippen LogP contribution in [0.1, 0.15) is 59.3 Å². The first-order valence-electron chi connectivity index (χ1n) is 10.5. The van der Waals surface area contributed by atoms with E-state index < -0.39 is 5.41 Å². The van der Waals surface area contributed by atoms with Crippen molar-refractivity contribution >= 4 is 5.97 Å². The van der Waals surface area contributed by atoms with Crippen molar-refractivity contribution in [2.75, 3.05) is 6.79 Å². The Labute approximate surface area is 162 Å². The van der Waals surface area contributed by atoms with Crippen molar-refractivity contribution in [1.82, 2.24) is 0 Å². The minimum absolute atomic E-state index is 0.205. The molecule has 148 valence electrons. The smallest absolute Gasteiger partial charge is 0.316 e. The molecule has 0 unspecified atom stereocenters. The van der Waals surface area contributed by atoms with Crippen LogP contribution in [-0.4, -0.2) is 18.9 Å². The van der Waals surface area contributed by atoms with E-state index in [-0.39, 0.29) is 5.97 Å². The van der Waals surface area contributed by atoms with Gasteiger partial charge in [0.1, 0.15) is 11.5 Å². The van der Waals surface area contributed by atoms with Crippen molar-refractivity contribution in [3.05, 3.63) is 24.3 Å². The topological polar surface area (TPSA) is 44.8 Å². The van der Waals surface area contributed by atoms with Crippen LogP contribution in [0.3, 0.4) is 0 Å². The van der Waals surface area contributed by atoms with Gasteiger partial charge in [0.05, 0.1) is 11.5 Å². The zero-order valence-electron chi connectivity index (χ0n) is 16.8. The van der Waals surface area contributed by atoms with Crippen LogP contribution in [0.15, 0.2) is 24.3 Å². The molecule has 4 nitrogen and oxygen atoms in total. The van der Waals surface area contributed by atoms with Crippen LogP contribution < -0.4 is 9.47 Å². The molecule has 0 spiro atoms. The fourth-order valence-electron chi connectivity index (χ4n) is 5.32. The van der Waals surface area contributed by atoms with Crippen LogP contribution in [-0.2, 0) is 9.53 Å². The summed E-state index contributed by atoms with van der Waals surface area (Å²) in [4.78, 5) is 12.1. The van der Waals surface area contributed by atoms with Gasteiger partial charge in [-0.2, -0.15) is 0 Å². The van der Waals surface area contributed by atoms with Gasteiger partial charge in [0.25, 0.3) is 0 Å². The Hall–Kier alpha value is -1.55. The van der Waals surface area contributed by atoms with E-state index in [9.17, 15) is 4.79 Å². The molecule has 5 rings (SSSR count). The Bertz CT molecular complexity index is 635. The predicted molar refractivity (Wildman–Crippen MR) is 104 cm³/mol. The second kappa shape index (κ2) is 7.46. The van der Waals surface area contributed by atoms with Crippen LogP contribution in [0.4, 0.5) is 0 Å². The van der Waals surface area contributed by atoms with Crippen molar-refractivity contribution in [3.63, 3.8) is 0 Å². The highest BCUT2D eigenvalue weighted by Gasteiger charge is 2.48. The molecule has 27 heavy (non-hydrogen) atoms. The molecule has 0 saturated heterocycles. The highest BCUT2D eigenvalue weighted by Crippen LogP contribution is 2.54. The maximum Gasteiger partial charge on any atom is 0.316 e. The van der Waals surface area contributed by atoms with Crippen molar-refractivity contribution in [2.45, 2.75) is 65.4 Å². The molecule has 0 aromatic heterocycles. The van der Waals surface area contributed by atoms with E-state index in [0.29, 0.717) is 18.6 Å². The lowest BCUT2D eigenvalue weighted by molar-refractivity contribution is -0.155. The van der Waals surface area contributed by atoms with Crippen LogP contribution in [0, 0.1) is 29.1 Å². The summed E-state index contributed by atoms with van der Waals surface area (Å²) in [6.07, 6.45) is 8.00. The number of carbonyl (C=O) groups is 1. The highest BCUT2D eigenvalue weighted by atomic mass is 16.7. The molecule has 4 bridgehead atoms. The molecule has 0 atom stereocenters. The molecular weight excluding hydrogens is 340 g/mol. The van der Waals surface area contributed by atoms with E-state index in [1.807, 2.05) is 32.9 Å². The Morgan fingerprint density at radius 2 is 1.52 bits per heavy atom. The van der Waals surface area contributed by atoms with Crippen LogP contribution in [0.5, 0.6) is 11.5 Å². The van der Waals surface area contributed by atoms with Crippen molar-refractivity contribution in [1.29, 1.82) is 0 Å². The highest BCUT2D eigenvalue weighted by molar-refractivity contribution is 5.78. The van der Waals surface area contributed by atoms with E-state index in [1.54, 1.807) is 12.1 Å². The number of hydrogen-bond donors (Lipinski definition) is 0. The summed E-state index contributed by atoms with van der Waals surface area (Å²) < 4.78 is 17.4. The number of benzene rings is 1. The summed E-state index contributed by atoms with van der Waals surface area (Å²) in [6, 6.07) is 7.23. The van der Waals surface area contributed by atoms with Gasteiger partial charge in [-0.3, -0.25) is 4.79 Å². The zero-order valence-corrected chi connectivity index (χ0v) is 16.8. The summed E-state index contributed by atoms with van der Waals surface area (Å²) in [5, 5.41) is 0. The molecule has 1 aromatic rings. The van der Waals surface area contributed by atoms with E-state index in [0.717, 1.165) is 35.8 Å². The first-order chi connectivity index (χ1) is 12.9. The van der Waals surface area contributed by atoms with E-state index in [2.05, 4.69) is 0 Å². The van der Waals surface area contributed by atoms with Crippen molar-refractivity contribution < 1.29 is 19.0 Å². The maximum atomic E-state index is 12.1. The van der Waals surface area contributed by atoms with Crippen LogP contribution >= 0.6 is 0 Å². The van der Waals surface area contributed by atoms with Crippen LogP contribution in [0.2, 0.25) is 0 Å². The molecule has 0 N–H and O–H groups in total. The number of ether oxygens (including phenoxy) is 3. The standard InChI is InChI=1S/C23H32O4/c1-4-23(2,3)22(24)27-20-7-5-19(6-8-20)25-14-26-21-17-10-15-9-16(12-17)13-18(21)11-15/h5-8,15-18,21H,4,9-14H2,1-3H3. The quantitative estimate of drug-likeness (QED) is 0.375. The zero-order chi connectivity index (χ0) is 19.0. The first-order valence-corrected chi connectivity index (χ1v) is 10.5. The largest absolute Gasteiger partial charge is 0.468 e. The molecular formula is C23H32O4. The van der Waals surface area contributed by atoms with Gasteiger partial charge < -0.3 is 14.2 Å². The summed E-state index contributed by atoms with van der Waals surface area (Å²) in [5.41, 5.74) is -0.471. The Balaban J connectivity index is 1.25. The van der Waals surface area contributed by atoms with E-state index >= 15 is 0 Å². The number of carbonyl (C=O) groups excluding carboxylic acids is 1. The molecule has 0 aliphatic heterocycles. The van der Waals surface area contributed by atoms with Gasteiger partial charge in [-0.05, 0) is 100 Å². The Kier molecular flexibility index (Phi) is 5.19. The van der Waals surface area contributed by atoms with E-state index in [4.69, 9.17) is 14.2 Å². The second-order valence-electron chi connectivity index (χ2n) is 9.42. The third kappa shape index (κ3) is 4.01. The van der Waals surface area contributed by atoms with E-state index in [1.165, 1.54) is 32.1 Å². The number of hydrogen-bond acceptors (Lipinski definition) is 4. The molecule has 4 aliphatic rings. The second-order valence-corrected chi connectivity index (χ2v) is 9.42. The minimum Gasteiger partial charge on any atom is -0.468 e. The Morgan fingerprint density at radius 3 is 2.07 bits per heavy atom. The van der Waals surface area contributed by atoms with Gasteiger partial charge in [0.2, 0.25) is 0 Å². The molecule has 4 saturated carbocycles. The molecule has 1 aromatic carbocycles. The number of esters is 1. The summed E-state index contributed by atoms with van der Waals surface area (Å²) in [7, 11) is 0. The lowest BCUT2D eigenvalue weighted by atomic mass is 9.55. The van der Waals surface area contributed by atoms with Crippen molar-refractivity contribution in [2.24, 2.45) is 29.1 Å². The molecule has 0 heterocycles. The maximum absolute atomic E-state index is 12.1. The molecule has 4 heteroatoms. The average molecular weight is 373 g/mol. The first kappa shape index (κ1) is 18.8.